The van der Waals surface area contributed by atoms with Gasteiger partial charge in [0, 0.05) is 19.2 Å². The molecule has 0 spiro atoms. The Labute approximate surface area is 163 Å². The Morgan fingerprint density at radius 1 is 1.29 bits per heavy atom. The fraction of sp³-hybridized carbons (Fsp3) is 0.421. The first-order chi connectivity index (χ1) is 13.4. The monoisotopic (exact) mass is 392 g/mol. The van der Waals surface area contributed by atoms with E-state index in [1.54, 1.807) is 23.1 Å². The van der Waals surface area contributed by atoms with Gasteiger partial charge in [0.05, 0.1) is 19.8 Å². The number of amides is 2. The maximum absolute atomic E-state index is 12.1. The molecular formula is C19H24N2O7. The van der Waals surface area contributed by atoms with E-state index >= 15 is 0 Å². The van der Waals surface area contributed by atoms with Crippen molar-refractivity contribution in [1.82, 2.24) is 4.90 Å². The number of ether oxygens (including phenoxy) is 4. The second kappa shape index (κ2) is 10.3. The number of hydrogen-bond acceptors (Lipinski definition) is 7. The molecular weight excluding hydrogens is 368 g/mol. The molecule has 9 nitrogen and oxygen atoms in total. The van der Waals surface area contributed by atoms with Gasteiger partial charge in [-0.15, -0.1) is 0 Å². The molecule has 152 valence electrons. The predicted octanol–water partition coefficient (Wildman–Crippen LogP) is 0.363. The van der Waals surface area contributed by atoms with Gasteiger partial charge in [0.25, 0.3) is 11.8 Å². The van der Waals surface area contributed by atoms with E-state index in [1.807, 2.05) is 6.92 Å². The van der Waals surface area contributed by atoms with Crippen LogP contribution in [0.25, 0.3) is 6.08 Å². The predicted molar refractivity (Wildman–Crippen MR) is 99.7 cm³/mol. The van der Waals surface area contributed by atoms with Crippen molar-refractivity contribution in [3.05, 3.63) is 29.8 Å². The minimum atomic E-state index is -0.636. The first kappa shape index (κ1) is 21.2. The molecule has 2 rings (SSSR count). The van der Waals surface area contributed by atoms with E-state index in [0.717, 1.165) is 0 Å². The van der Waals surface area contributed by atoms with Crippen LogP contribution in [0, 0.1) is 0 Å². The van der Waals surface area contributed by atoms with Crippen LogP contribution in [0.15, 0.2) is 24.3 Å². The van der Waals surface area contributed by atoms with E-state index in [9.17, 15) is 14.4 Å². The van der Waals surface area contributed by atoms with Crippen LogP contribution in [0.3, 0.4) is 0 Å². The number of rotatable bonds is 8. The Kier molecular flexibility index (Phi) is 7.82. The van der Waals surface area contributed by atoms with Crippen molar-refractivity contribution < 1.29 is 33.3 Å². The van der Waals surface area contributed by atoms with Gasteiger partial charge >= 0.3 is 5.97 Å². The average Bonchev–Trinajstić information content (AvgIpc) is 2.68. The molecule has 1 aromatic carbocycles. The molecule has 1 aliphatic heterocycles. The molecule has 0 bridgehead atoms. The molecule has 1 saturated heterocycles. The minimum absolute atomic E-state index is 0.0294. The molecule has 1 unspecified atom stereocenters. The number of nitrogens with two attached hydrogens (primary N) is 1. The summed E-state index contributed by atoms with van der Waals surface area (Å²) in [6.45, 7) is 2.73. The normalized spacial score (nSPS) is 16.6. The van der Waals surface area contributed by atoms with Crippen molar-refractivity contribution in [1.29, 1.82) is 0 Å². The summed E-state index contributed by atoms with van der Waals surface area (Å²) >= 11 is 0. The first-order valence-corrected chi connectivity index (χ1v) is 8.72. The van der Waals surface area contributed by atoms with E-state index in [1.165, 1.54) is 19.3 Å². The van der Waals surface area contributed by atoms with Gasteiger partial charge in [0.2, 0.25) is 0 Å². The number of carbonyl (C=O) groups excluding carboxylic acids is 3. The van der Waals surface area contributed by atoms with Crippen LogP contribution in [0.1, 0.15) is 12.5 Å². The van der Waals surface area contributed by atoms with Gasteiger partial charge in [-0.25, -0.2) is 4.79 Å². The van der Waals surface area contributed by atoms with E-state index in [0.29, 0.717) is 36.8 Å². The second-order valence-corrected chi connectivity index (χ2v) is 6.13. The Morgan fingerprint density at radius 3 is 2.75 bits per heavy atom. The van der Waals surface area contributed by atoms with Crippen molar-refractivity contribution in [2.75, 3.05) is 40.0 Å². The molecule has 1 aliphatic rings. The quantitative estimate of drug-likeness (QED) is 0.501. The summed E-state index contributed by atoms with van der Waals surface area (Å²) in [5.41, 5.74) is 5.69. The number of hydrogen-bond donors (Lipinski definition) is 1. The third-order valence-corrected chi connectivity index (χ3v) is 3.90. The molecule has 2 amide bonds. The van der Waals surface area contributed by atoms with Gasteiger partial charge in [-0.1, -0.05) is 6.07 Å². The van der Waals surface area contributed by atoms with Crippen LogP contribution >= 0.6 is 0 Å². The highest BCUT2D eigenvalue weighted by atomic mass is 16.5. The molecule has 0 saturated carbocycles. The van der Waals surface area contributed by atoms with E-state index in [2.05, 4.69) is 0 Å². The highest BCUT2D eigenvalue weighted by Crippen LogP contribution is 2.28. The van der Waals surface area contributed by atoms with Gasteiger partial charge in [0.1, 0.15) is 0 Å². The SMILES string of the molecule is COc1cc(/C=C/C(=O)OCC(=O)N2CCOC(C)C2)ccc1OCC(N)=O. The lowest BCUT2D eigenvalue weighted by Crippen LogP contribution is -2.46. The summed E-state index contributed by atoms with van der Waals surface area (Å²) in [6, 6.07) is 4.89. The van der Waals surface area contributed by atoms with Crippen molar-refractivity contribution in [2.24, 2.45) is 5.73 Å². The number of nitrogens with zero attached hydrogens (tertiary/aromatic N) is 1. The smallest absolute Gasteiger partial charge is 0.331 e. The minimum Gasteiger partial charge on any atom is -0.493 e. The summed E-state index contributed by atoms with van der Waals surface area (Å²) in [4.78, 5) is 36.3. The number of esters is 1. The van der Waals surface area contributed by atoms with Crippen molar-refractivity contribution >= 4 is 23.9 Å². The first-order valence-electron chi connectivity index (χ1n) is 8.72. The Hall–Kier alpha value is -3.07. The van der Waals surface area contributed by atoms with Crippen LogP contribution < -0.4 is 15.2 Å². The summed E-state index contributed by atoms with van der Waals surface area (Å²) in [5, 5.41) is 0. The number of morpholine rings is 1. The molecule has 0 aromatic heterocycles. The summed E-state index contributed by atoms with van der Waals surface area (Å²) in [7, 11) is 1.45. The molecule has 1 heterocycles. The number of benzene rings is 1. The van der Waals surface area contributed by atoms with Crippen LogP contribution in [0.4, 0.5) is 0 Å². The van der Waals surface area contributed by atoms with E-state index < -0.39 is 11.9 Å². The van der Waals surface area contributed by atoms with E-state index in [4.69, 9.17) is 24.7 Å². The highest BCUT2D eigenvalue weighted by Gasteiger charge is 2.21. The van der Waals surface area contributed by atoms with Gasteiger partial charge in [0.15, 0.2) is 24.7 Å². The summed E-state index contributed by atoms with van der Waals surface area (Å²) < 4.78 is 20.8. The van der Waals surface area contributed by atoms with Crippen LogP contribution in [-0.2, 0) is 23.9 Å². The molecule has 1 fully saturated rings. The zero-order valence-corrected chi connectivity index (χ0v) is 15.9. The third-order valence-electron chi connectivity index (χ3n) is 3.90. The third kappa shape index (κ3) is 6.58. The second-order valence-electron chi connectivity index (χ2n) is 6.13. The van der Waals surface area contributed by atoms with Crippen LogP contribution in [-0.4, -0.2) is 68.8 Å². The number of methoxy groups -OCH3 is 1. The zero-order chi connectivity index (χ0) is 20.5. The lowest BCUT2D eigenvalue weighted by atomic mass is 10.2. The lowest BCUT2D eigenvalue weighted by molar-refractivity contribution is -0.151. The number of primary amides is 1. The van der Waals surface area contributed by atoms with Crippen LogP contribution in [0.2, 0.25) is 0 Å². The molecule has 9 heteroatoms. The molecule has 1 atom stereocenters. The lowest BCUT2D eigenvalue weighted by Gasteiger charge is -2.30. The fourth-order valence-corrected chi connectivity index (χ4v) is 2.54. The molecule has 28 heavy (non-hydrogen) atoms. The maximum atomic E-state index is 12.1. The fourth-order valence-electron chi connectivity index (χ4n) is 2.54. The average molecular weight is 392 g/mol. The van der Waals surface area contributed by atoms with Crippen LogP contribution in [0.5, 0.6) is 11.5 Å². The largest absolute Gasteiger partial charge is 0.493 e. The van der Waals surface area contributed by atoms with Crippen molar-refractivity contribution in [3.8, 4) is 11.5 Å². The maximum Gasteiger partial charge on any atom is 0.331 e. The summed E-state index contributed by atoms with van der Waals surface area (Å²) in [6.07, 6.45) is 2.70. The Morgan fingerprint density at radius 2 is 2.07 bits per heavy atom. The van der Waals surface area contributed by atoms with Gasteiger partial charge in [-0.3, -0.25) is 9.59 Å². The Bertz CT molecular complexity index is 748. The van der Waals surface area contributed by atoms with Gasteiger partial charge < -0.3 is 29.6 Å². The molecule has 2 N–H and O–H groups in total. The van der Waals surface area contributed by atoms with Gasteiger partial charge in [-0.2, -0.15) is 0 Å². The zero-order valence-electron chi connectivity index (χ0n) is 15.9. The van der Waals surface area contributed by atoms with Crippen molar-refractivity contribution in [3.63, 3.8) is 0 Å². The Balaban J connectivity index is 1.87. The van der Waals surface area contributed by atoms with Gasteiger partial charge in [-0.05, 0) is 30.7 Å². The molecule has 0 aliphatic carbocycles. The number of carbonyl (C=O) groups is 3. The molecule has 0 radical (unpaired) electrons. The van der Waals surface area contributed by atoms with Crippen molar-refractivity contribution in [2.45, 2.75) is 13.0 Å². The molecule has 1 aromatic rings. The summed E-state index contributed by atoms with van der Waals surface area (Å²) in [5.74, 6) is -0.758. The topological polar surface area (TPSA) is 117 Å². The van der Waals surface area contributed by atoms with E-state index in [-0.39, 0.29) is 25.2 Å². The highest BCUT2D eigenvalue weighted by molar-refractivity contribution is 5.89. The standard InChI is InChI=1S/C19H24N2O7/c1-13-10-21(7-8-26-13)18(23)12-28-19(24)6-4-14-3-5-15(16(9-14)25-2)27-11-17(20)22/h3-6,9,13H,7-8,10-12H2,1-2H3,(H2,20,22)/b6-4+.